The van der Waals surface area contributed by atoms with Gasteiger partial charge in [-0.05, 0) is 54.3 Å². The van der Waals surface area contributed by atoms with Crippen molar-refractivity contribution in [2.75, 3.05) is 18.0 Å². The molecule has 0 aliphatic carbocycles. The van der Waals surface area contributed by atoms with Gasteiger partial charge in [0, 0.05) is 12.2 Å². The number of carbonyl (C=O) groups is 1. The molecule has 1 aromatic heterocycles. The zero-order valence-corrected chi connectivity index (χ0v) is 14.3. The number of thiophene rings is 1. The van der Waals surface area contributed by atoms with Crippen LogP contribution in [0.5, 0.6) is 0 Å². The average molecular weight is 330 g/mol. The molecule has 2 heterocycles. The van der Waals surface area contributed by atoms with Crippen molar-refractivity contribution in [3.8, 4) is 0 Å². The molecule has 1 aromatic carbocycles. The van der Waals surface area contributed by atoms with Crippen LogP contribution in [0.3, 0.4) is 0 Å². The summed E-state index contributed by atoms with van der Waals surface area (Å²) >= 11 is 1.54. The van der Waals surface area contributed by atoms with Gasteiger partial charge < -0.3 is 15.3 Å². The Bertz CT molecular complexity index is 682. The first-order chi connectivity index (χ1) is 11.0. The number of para-hydroxylation sites is 1. The van der Waals surface area contributed by atoms with Crippen LogP contribution in [0.4, 0.5) is 5.69 Å². The zero-order valence-electron chi connectivity index (χ0n) is 13.5. The molecule has 0 saturated heterocycles. The van der Waals surface area contributed by atoms with Crippen molar-refractivity contribution in [2.45, 2.75) is 31.9 Å². The van der Waals surface area contributed by atoms with Crippen molar-refractivity contribution in [2.24, 2.45) is 0 Å². The first-order valence-electron chi connectivity index (χ1n) is 7.86. The van der Waals surface area contributed by atoms with Crippen LogP contribution >= 0.6 is 11.3 Å². The lowest BCUT2D eigenvalue weighted by Gasteiger charge is -2.28. The fourth-order valence-corrected chi connectivity index (χ4v) is 3.77. The summed E-state index contributed by atoms with van der Waals surface area (Å²) in [7, 11) is 0. The van der Waals surface area contributed by atoms with E-state index in [0.29, 0.717) is 0 Å². The third-order valence-corrected chi connectivity index (χ3v) is 5.20. The highest BCUT2D eigenvalue weighted by molar-refractivity contribution is 7.08. The second kappa shape index (κ2) is 6.34. The molecule has 0 radical (unpaired) electrons. The summed E-state index contributed by atoms with van der Waals surface area (Å²) in [5.74, 6) is -0.0581. The van der Waals surface area contributed by atoms with Crippen LogP contribution in [0.15, 0.2) is 41.1 Å². The van der Waals surface area contributed by atoms with Crippen molar-refractivity contribution in [1.82, 2.24) is 5.32 Å². The topological polar surface area (TPSA) is 52.6 Å². The molecule has 0 spiro atoms. The van der Waals surface area contributed by atoms with Gasteiger partial charge in [-0.3, -0.25) is 4.79 Å². The third-order valence-electron chi connectivity index (χ3n) is 4.52. The number of rotatable bonds is 5. The molecule has 23 heavy (non-hydrogen) atoms. The number of carbonyl (C=O) groups excluding carboxylic acids is 1. The Kier molecular flexibility index (Phi) is 4.41. The molecule has 1 aliphatic rings. The van der Waals surface area contributed by atoms with Crippen LogP contribution in [-0.4, -0.2) is 30.1 Å². The summed E-state index contributed by atoms with van der Waals surface area (Å²) in [6.07, 6.45) is 0.973. The zero-order chi connectivity index (χ0) is 16.4. The number of nitrogens with zero attached hydrogens (tertiary/aromatic N) is 1. The molecule has 0 fully saturated rings. The van der Waals surface area contributed by atoms with Gasteiger partial charge >= 0.3 is 0 Å². The number of amides is 1. The third kappa shape index (κ3) is 3.26. The van der Waals surface area contributed by atoms with Crippen LogP contribution in [-0.2, 0) is 16.8 Å². The van der Waals surface area contributed by atoms with Gasteiger partial charge in [-0.1, -0.05) is 18.2 Å². The number of benzene rings is 1. The maximum Gasteiger partial charge on any atom is 0.242 e. The molecular formula is C18H22N2O2S. The quantitative estimate of drug-likeness (QED) is 0.886. The summed E-state index contributed by atoms with van der Waals surface area (Å²) < 4.78 is 0. The van der Waals surface area contributed by atoms with Gasteiger partial charge in [0.2, 0.25) is 5.91 Å². The lowest BCUT2D eigenvalue weighted by atomic mass is 9.99. The Morgan fingerprint density at radius 1 is 1.43 bits per heavy atom. The Morgan fingerprint density at radius 2 is 2.22 bits per heavy atom. The molecule has 2 aromatic rings. The highest BCUT2D eigenvalue weighted by Gasteiger charge is 2.29. The van der Waals surface area contributed by atoms with E-state index >= 15 is 0 Å². The molecule has 1 amide bonds. The minimum absolute atomic E-state index is 0.0581. The van der Waals surface area contributed by atoms with E-state index in [2.05, 4.69) is 22.3 Å². The molecule has 1 aliphatic heterocycles. The largest absolute Gasteiger partial charge is 0.384 e. The van der Waals surface area contributed by atoms with E-state index in [4.69, 9.17) is 0 Å². The minimum atomic E-state index is -1.04. The highest BCUT2D eigenvalue weighted by atomic mass is 32.1. The highest BCUT2D eigenvalue weighted by Crippen LogP contribution is 2.29. The van der Waals surface area contributed by atoms with E-state index in [1.165, 1.54) is 16.9 Å². The van der Waals surface area contributed by atoms with Crippen LogP contribution in [0.1, 0.15) is 25.0 Å². The maximum atomic E-state index is 12.5. The van der Waals surface area contributed by atoms with E-state index in [1.54, 1.807) is 6.92 Å². The minimum Gasteiger partial charge on any atom is -0.384 e. The van der Waals surface area contributed by atoms with Gasteiger partial charge in [-0.2, -0.15) is 11.3 Å². The standard InChI is InChI=1S/C18H22N2O2S/c1-13(20-9-7-14-5-3-4-6-16(14)20)17(21)19-12-18(2,22)15-8-10-23-11-15/h3-6,8,10-11,13,22H,7,9,12H2,1-2H3,(H,19,21). The average Bonchev–Trinajstić information content (AvgIpc) is 3.21. The second-order valence-corrected chi connectivity index (χ2v) is 7.03. The lowest BCUT2D eigenvalue weighted by Crippen LogP contribution is -2.48. The molecule has 3 rings (SSSR count). The number of fused-ring (bicyclic) bond motifs is 1. The van der Waals surface area contributed by atoms with E-state index < -0.39 is 5.60 Å². The Labute approximate surface area is 140 Å². The van der Waals surface area contributed by atoms with Gasteiger partial charge in [0.15, 0.2) is 0 Å². The number of hydrogen-bond donors (Lipinski definition) is 2. The summed E-state index contributed by atoms with van der Waals surface area (Å²) in [6, 6.07) is 9.84. The SMILES string of the molecule is CC(C(=O)NCC(C)(O)c1ccsc1)N1CCc2ccccc21. The predicted octanol–water partition coefficient (Wildman–Crippen LogP) is 2.52. The first kappa shape index (κ1) is 16.0. The second-order valence-electron chi connectivity index (χ2n) is 6.25. The molecule has 2 N–H and O–H groups in total. The summed E-state index contributed by atoms with van der Waals surface area (Å²) in [5.41, 5.74) is 2.22. The number of anilines is 1. The fourth-order valence-electron chi connectivity index (χ4n) is 2.99. The van der Waals surface area contributed by atoms with Crippen molar-refractivity contribution >= 4 is 22.9 Å². The van der Waals surface area contributed by atoms with E-state index in [0.717, 1.165) is 24.2 Å². The van der Waals surface area contributed by atoms with E-state index in [-0.39, 0.29) is 18.5 Å². The van der Waals surface area contributed by atoms with Crippen LogP contribution in [0.25, 0.3) is 0 Å². The molecule has 122 valence electrons. The number of nitrogens with one attached hydrogen (secondary N) is 1. The predicted molar refractivity (Wildman–Crippen MR) is 93.9 cm³/mol. The number of hydrogen-bond acceptors (Lipinski definition) is 4. The summed E-state index contributed by atoms with van der Waals surface area (Å²) in [5, 5.41) is 17.2. The molecule has 0 bridgehead atoms. The molecular weight excluding hydrogens is 308 g/mol. The van der Waals surface area contributed by atoms with Crippen LogP contribution in [0.2, 0.25) is 0 Å². The van der Waals surface area contributed by atoms with Crippen LogP contribution in [0, 0.1) is 0 Å². The normalized spacial score (nSPS) is 17.4. The smallest absolute Gasteiger partial charge is 0.242 e. The van der Waals surface area contributed by atoms with Crippen molar-refractivity contribution in [3.05, 3.63) is 52.2 Å². The molecule has 2 atom stereocenters. The molecule has 4 nitrogen and oxygen atoms in total. The van der Waals surface area contributed by atoms with Gasteiger partial charge in [-0.25, -0.2) is 0 Å². The Hall–Kier alpha value is -1.85. The monoisotopic (exact) mass is 330 g/mol. The van der Waals surface area contributed by atoms with Gasteiger partial charge in [0.05, 0.1) is 6.54 Å². The van der Waals surface area contributed by atoms with Gasteiger partial charge in [0.1, 0.15) is 11.6 Å². The number of aliphatic hydroxyl groups is 1. The van der Waals surface area contributed by atoms with Crippen LogP contribution < -0.4 is 10.2 Å². The molecule has 0 saturated carbocycles. The Morgan fingerprint density at radius 3 is 2.96 bits per heavy atom. The Balaban J connectivity index is 1.63. The maximum absolute atomic E-state index is 12.5. The molecule has 2 unspecified atom stereocenters. The van der Waals surface area contributed by atoms with Crippen molar-refractivity contribution < 1.29 is 9.90 Å². The fraction of sp³-hybridized carbons (Fsp3) is 0.389. The van der Waals surface area contributed by atoms with E-state index in [1.807, 2.05) is 35.9 Å². The molecule has 5 heteroatoms. The van der Waals surface area contributed by atoms with Crippen molar-refractivity contribution in [1.29, 1.82) is 0 Å². The van der Waals surface area contributed by atoms with Crippen molar-refractivity contribution in [3.63, 3.8) is 0 Å². The first-order valence-corrected chi connectivity index (χ1v) is 8.80. The summed E-state index contributed by atoms with van der Waals surface area (Å²) in [6.45, 7) is 4.71. The van der Waals surface area contributed by atoms with Gasteiger partial charge in [-0.15, -0.1) is 0 Å². The summed E-state index contributed by atoms with van der Waals surface area (Å²) in [4.78, 5) is 14.6. The lowest BCUT2D eigenvalue weighted by molar-refractivity contribution is -0.123. The van der Waals surface area contributed by atoms with E-state index in [9.17, 15) is 9.90 Å². The van der Waals surface area contributed by atoms with Gasteiger partial charge in [0.25, 0.3) is 0 Å².